The molecule has 0 atom stereocenters. The fraction of sp³-hybridized carbons (Fsp3) is 0.182. The van der Waals surface area contributed by atoms with Gasteiger partial charge in [0.15, 0.2) is 0 Å². The highest BCUT2D eigenvalue weighted by atomic mass is 35.5. The Kier molecular flexibility index (Phi) is 4.56. The van der Waals surface area contributed by atoms with Gasteiger partial charge >= 0.3 is 0 Å². The van der Waals surface area contributed by atoms with Gasteiger partial charge in [-0.25, -0.2) is 18.1 Å². The number of hydrogen-bond donors (Lipinski definition) is 2. The van der Waals surface area contributed by atoms with Crippen molar-refractivity contribution in [3.63, 3.8) is 0 Å². The van der Waals surface area contributed by atoms with Crippen molar-refractivity contribution in [3.8, 4) is 0 Å². The number of aromatic nitrogens is 2. The zero-order chi connectivity index (χ0) is 15.5. The van der Waals surface area contributed by atoms with Gasteiger partial charge in [0.05, 0.1) is 16.1 Å². The summed E-state index contributed by atoms with van der Waals surface area (Å²) in [6.45, 7) is 0.166. The number of aromatic amines is 1. The van der Waals surface area contributed by atoms with Gasteiger partial charge in [0.25, 0.3) is 5.69 Å². The lowest BCUT2D eigenvalue weighted by Crippen LogP contribution is -2.26. The Bertz CT molecular complexity index is 746. The number of halogens is 1. The van der Waals surface area contributed by atoms with E-state index >= 15 is 0 Å². The first-order valence-electron chi connectivity index (χ1n) is 5.81. The molecule has 112 valence electrons. The zero-order valence-corrected chi connectivity index (χ0v) is 12.2. The van der Waals surface area contributed by atoms with E-state index in [1.54, 1.807) is 6.20 Å². The third-order valence-corrected chi connectivity index (χ3v) is 4.43. The lowest BCUT2D eigenvalue weighted by atomic mass is 10.3. The molecule has 0 saturated heterocycles. The Morgan fingerprint density at radius 1 is 1.43 bits per heavy atom. The average molecular weight is 331 g/mol. The third-order valence-electron chi connectivity index (χ3n) is 2.67. The highest BCUT2D eigenvalue weighted by Gasteiger charge is 2.19. The molecule has 10 heteroatoms. The molecule has 0 spiro atoms. The van der Waals surface area contributed by atoms with Gasteiger partial charge in [-0.15, -0.1) is 0 Å². The third kappa shape index (κ3) is 3.78. The number of sulfonamides is 1. The van der Waals surface area contributed by atoms with Gasteiger partial charge < -0.3 is 4.98 Å². The van der Waals surface area contributed by atoms with Crippen LogP contribution in [-0.4, -0.2) is 29.9 Å². The summed E-state index contributed by atoms with van der Waals surface area (Å²) in [6.07, 6.45) is 3.54. The van der Waals surface area contributed by atoms with E-state index in [2.05, 4.69) is 14.7 Å². The van der Waals surface area contributed by atoms with Crippen molar-refractivity contribution in [2.75, 3.05) is 6.54 Å². The Morgan fingerprint density at radius 2 is 2.19 bits per heavy atom. The minimum absolute atomic E-state index is 0.122. The molecular formula is C11H11ClN4O4S. The number of nitrogens with zero attached hydrogens (tertiary/aromatic N) is 2. The Hall–Kier alpha value is -1.97. The number of rotatable bonds is 6. The summed E-state index contributed by atoms with van der Waals surface area (Å²) in [5.41, 5.74) is 0.451. The summed E-state index contributed by atoms with van der Waals surface area (Å²) in [7, 11) is -3.77. The molecule has 0 amide bonds. The van der Waals surface area contributed by atoms with Crippen molar-refractivity contribution < 1.29 is 13.3 Å². The van der Waals surface area contributed by atoms with E-state index in [-0.39, 0.29) is 22.2 Å². The minimum Gasteiger partial charge on any atom is -0.348 e. The largest absolute Gasteiger partial charge is 0.348 e. The van der Waals surface area contributed by atoms with E-state index < -0.39 is 14.9 Å². The molecular weight excluding hydrogens is 320 g/mol. The Labute approximate surface area is 125 Å². The molecule has 0 aliphatic heterocycles. The highest BCUT2D eigenvalue weighted by molar-refractivity contribution is 7.89. The maximum absolute atomic E-state index is 12.0. The summed E-state index contributed by atoms with van der Waals surface area (Å²) >= 11 is 5.70. The predicted molar refractivity (Wildman–Crippen MR) is 75.6 cm³/mol. The molecule has 2 rings (SSSR count). The van der Waals surface area contributed by atoms with Crippen LogP contribution in [0.1, 0.15) is 5.69 Å². The summed E-state index contributed by atoms with van der Waals surface area (Å²) in [4.78, 5) is 16.5. The molecule has 0 unspecified atom stereocenters. The molecule has 0 aliphatic rings. The van der Waals surface area contributed by atoms with E-state index in [1.165, 1.54) is 6.33 Å². The minimum atomic E-state index is -3.77. The second-order valence-electron chi connectivity index (χ2n) is 4.09. The van der Waals surface area contributed by atoms with Gasteiger partial charge in [0, 0.05) is 30.9 Å². The van der Waals surface area contributed by atoms with Gasteiger partial charge in [-0.3, -0.25) is 10.1 Å². The van der Waals surface area contributed by atoms with E-state index in [9.17, 15) is 18.5 Å². The van der Waals surface area contributed by atoms with Crippen molar-refractivity contribution >= 4 is 27.3 Å². The standard InChI is InChI=1S/C11H11ClN4O4S/c12-10-5-9(1-2-11(10)16(17)18)21(19,20)15-4-3-8-6-13-7-14-8/h1-2,5-7,15H,3-4H2,(H,13,14). The number of hydrogen-bond acceptors (Lipinski definition) is 5. The SMILES string of the molecule is O=[N+]([O-])c1ccc(S(=O)(=O)NCCc2cnc[nH]2)cc1Cl. The van der Waals surface area contributed by atoms with Gasteiger partial charge in [-0.05, 0) is 12.1 Å². The first kappa shape index (κ1) is 15.4. The van der Waals surface area contributed by atoms with Crippen LogP contribution in [0, 0.1) is 10.1 Å². The van der Waals surface area contributed by atoms with E-state index in [4.69, 9.17) is 11.6 Å². The van der Waals surface area contributed by atoms with Crippen molar-refractivity contribution in [3.05, 3.63) is 51.6 Å². The monoisotopic (exact) mass is 330 g/mol. The molecule has 0 saturated carbocycles. The lowest BCUT2D eigenvalue weighted by molar-refractivity contribution is -0.384. The van der Waals surface area contributed by atoms with Crippen LogP contribution in [0.2, 0.25) is 5.02 Å². The normalized spacial score (nSPS) is 11.5. The van der Waals surface area contributed by atoms with Crippen molar-refractivity contribution in [2.45, 2.75) is 11.3 Å². The van der Waals surface area contributed by atoms with Crippen molar-refractivity contribution in [2.24, 2.45) is 0 Å². The van der Waals surface area contributed by atoms with E-state index in [0.29, 0.717) is 6.42 Å². The van der Waals surface area contributed by atoms with Crippen LogP contribution in [0.25, 0.3) is 0 Å². The quantitative estimate of drug-likeness (QED) is 0.614. The molecule has 1 aromatic heterocycles. The fourth-order valence-corrected chi connectivity index (χ4v) is 3.00. The smallest absolute Gasteiger partial charge is 0.287 e. The highest BCUT2D eigenvalue weighted by Crippen LogP contribution is 2.26. The Balaban J connectivity index is 2.08. The number of nitro benzene ring substituents is 1. The van der Waals surface area contributed by atoms with E-state index in [1.807, 2.05) is 0 Å². The molecule has 0 radical (unpaired) electrons. The number of benzene rings is 1. The molecule has 2 aromatic rings. The predicted octanol–water partition coefficient (Wildman–Crippen LogP) is 1.49. The maximum atomic E-state index is 12.0. The van der Waals surface area contributed by atoms with Crippen LogP contribution >= 0.6 is 11.6 Å². The number of imidazole rings is 1. The average Bonchev–Trinajstić information content (AvgIpc) is 2.91. The molecule has 1 aromatic carbocycles. The zero-order valence-electron chi connectivity index (χ0n) is 10.6. The summed E-state index contributed by atoms with van der Waals surface area (Å²) in [5.74, 6) is 0. The molecule has 2 N–H and O–H groups in total. The van der Waals surface area contributed by atoms with Crippen molar-refractivity contribution in [1.29, 1.82) is 0 Å². The molecule has 0 bridgehead atoms. The van der Waals surface area contributed by atoms with Gasteiger partial charge in [0.2, 0.25) is 10.0 Å². The van der Waals surface area contributed by atoms with E-state index in [0.717, 1.165) is 23.9 Å². The van der Waals surface area contributed by atoms with Crippen molar-refractivity contribution in [1.82, 2.24) is 14.7 Å². The van der Waals surface area contributed by atoms with Crippen LogP contribution in [-0.2, 0) is 16.4 Å². The summed E-state index contributed by atoms with van der Waals surface area (Å²) in [5, 5.41) is 10.4. The Morgan fingerprint density at radius 3 is 2.76 bits per heavy atom. The molecule has 0 aliphatic carbocycles. The number of nitrogens with one attached hydrogen (secondary N) is 2. The topological polar surface area (TPSA) is 118 Å². The fourth-order valence-electron chi connectivity index (χ4n) is 1.63. The van der Waals surface area contributed by atoms with Gasteiger partial charge in [-0.1, -0.05) is 11.6 Å². The number of H-pyrrole nitrogens is 1. The first-order chi connectivity index (χ1) is 9.90. The van der Waals surface area contributed by atoms with Crippen LogP contribution in [0.4, 0.5) is 5.69 Å². The summed E-state index contributed by atoms with van der Waals surface area (Å²) in [6, 6.07) is 3.26. The molecule has 8 nitrogen and oxygen atoms in total. The van der Waals surface area contributed by atoms with Crippen LogP contribution in [0.15, 0.2) is 35.6 Å². The second kappa shape index (κ2) is 6.20. The van der Waals surface area contributed by atoms with Gasteiger partial charge in [0.1, 0.15) is 5.02 Å². The second-order valence-corrected chi connectivity index (χ2v) is 6.27. The maximum Gasteiger partial charge on any atom is 0.287 e. The van der Waals surface area contributed by atoms with Crippen LogP contribution in [0.5, 0.6) is 0 Å². The lowest BCUT2D eigenvalue weighted by Gasteiger charge is -2.06. The molecule has 0 fully saturated rings. The van der Waals surface area contributed by atoms with Crippen LogP contribution < -0.4 is 4.72 Å². The van der Waals surface area contributed by atoms with Gasteiger partial charge in [-0.2, -0.15) is 0 Å². The summed E-state index contributed by atoms with van der Waals surface area (Å²) < 4.78 is 26.4. The molecule has 21 heavy (non-hydrogen) atoms. The molecule has 1 heterocycles. The first-order valence-corrected chi connectivity index (χ1v) is 7.67. The number of nitro groups is 1. The van der Waals surface area contributed by atoms with Crippen LogP contribution in [0.3, 0.4) is 0 Å².